The number of rotatable bonds is 5. The molecule has 0 fully saturated rings. The van der Waals surface area contributed by atoms with Gasteiger partial charge in [-0.3, -0.25) is 9.59 Å². The fourth-order valence-electron chi connectivity index (χ4n) is 1.32. The van der Waals surface area contributed by atoms with Gasteiger partial charge in [-0.25, -0.2) is 0 Å². The van der Waals surface area contributed by atoms with Crippen LogP contribution in [0.3, 0.4) is 0 Å². The second kappa shape index (κ2) is 7.87. The molecule has 100 valence electrons. The zero-order valence-electron chi connectivity index (χ0n) is 10.9. The van der Waals surface area contributed by atoms with Crippen molar-refractivity contribution in [1.82, 2.24) is 0 Å². The van der Waals surface area contributed by atoms with Crippen LogP contribution in [0.5, 0.6) is 0 Å². The highest BCUT2D eigenvalue weighted by molar-refractivity contribution is 5.68. The first kappa shape index (κ1) is 14.7. The van der Waals surface area contributed by atoms with Crippen molar-refractivity contribution in [1.29, 1.82) is 0 Å². The van der Waals surface area contributed by atoms with Crippen molar-refractivity contribution in [2.24, 2.45) is 0 Å². The van der Waals surface area contributed by atoms with Crippen molar-refractivity contribution >= 4 is 18.0 Å². The van der Waals surface area contributed by atoms with Gasteiger partial charge in [0.05, 0.1) is 0 Å². The largest absolute Gasteiger partial charge is 0.421 e. The lowest BCUT2D eigenvalue weighted by Crippen LogP contribution is -2.19. The molecule has 4 heteroatoms. The monoisotopic (exact) mass is 260 g/mol. The fraction of sp³-hybridized carbons (Fsp3) is 0.200. The van der Waals surface area contributed by atoms with Gasteiger partial charge in [0.1, 0.15) is 0 Å². The van der Waals surface area contributed by atoms with E-state index in [1.54, 1.807) is 12.2 Å². The van der Waals surface area contributed by atoms with Crippen LogP contribution in [0, 0.1) is 0 Å². The lowest BCUT2D eigenvalue weighted by molar-refractivity contribution is -0.176. The number of allylic oxidation sites excluding steroid dienone is 2. The number of carbonyl (C=O) groups excluding carboxylic acids is 2. The van der Waals surface area contributed by atoms with E-state index in [1.165, 1.54) is 19.9 Å². The van der Waals surface area contributed by atoms with Gasteiger partial charge >= 0.3 is 11.9 Å². The summed E-state index contributed by atoms with van der Waals surface area (Å²) >= 11 is 0. The quantitative estimate of drug-likeness (QED) is 0.464. The summed E-state index contributed by atoms with van der Waals surface area (Å²) < 4.78 is 9.62. The second-order valence-electron chi connectivity index (χ2n) is 3.74. The molecule has 4 nitrogen and oxygen atoms in total. The van der Waals surface area contributed by atoms with Gasteiger partial charge in [0, 0.05) is 13.8 Å². The third kappa shape index (κ3) is 6.83. The summed E-state index contributed by atoms with van der Waals surface area (Å²) in [4.78, 5) is 21.6. The smallest absolute Gasteiger partial charge is 0.305 e. The molecule has 0 aliphatic carbocycles. The Morgan fingerprint density at radius 2 is 1.58 bits per heavy atom. The highest BCUT2D eigenvalue weighted by Crippen LogP contribution is 2.03. The van der Waals surface area contributed by atoms with Gasteiger partial charge in [-0.1, -0.05) is 48.6 Å². The molecule has 0 saturated heterocycles. The zero-order valence-corrected chi connectivity index (χ0v) is 10.9. The minimum absolute atomic E-state index is 0.511. The minimum Gasteiger partial charge on any atom is -0.421 e. The number of hydrogen-bond acceptors (Lipinski definition) is 4. The van der Waals surface area contributed by atoms with Gasteiger partial charge in [0.2, 0.25) is 0 Å². The number of hydrogen-bond donors (Lipinski definition) is 0. The molecule has 0 aliphatic rings. The maximum absolute atomic E-state index is 10.8. The van der Waals surface area contributed by atoms with Crippen LogP contribution in [0.15, 0.2) is 48.6 Å². The maximum Gasteiger partial charge on any atom is 0.305 e. The molecule has 1 aromatic rings. The molecular weight excluding hydrogens is 244 g/mol. The standard InChI is InChI=1S/C15H16O4/c1-12(16)18-15(19-13(2)17)11-7-6-10-14-8-4-3-5-9-14/h3-11,15H,1-2H3/b10-6+,11-7+. The Morgan fingerprint density at radius 1 is 1.00 bits per heavy atom. The normalized spacial score (nSPS) is 11.1. The van der Waals surface area contributed by atoms with E-state index in [-0.39, 0.29) is 0 Å². The summed E-state index contributed by atoms with van der Waals surface area (Å²) in [7, 11) is 0. The second-order valence-corrected chi connectivity index (χ2v) is 3.74. The summed E-state index contributed by atoms with van der Waals surface area (Å²) in [5.74, 6) is -1.02. The van der Waals surface area contributed by atoms with E-state index in [4.69, 9.17) is 9.47 Å². The molecule has 0 atom stereocenters. The Morgan fingerprint density at radius 3 is 2.11 bits per heavy atom. The average Bonchev–Trinajstić information content (AvgIpc) is 2.34. The summed E-state index contributed by atoms with van der Waals surface area (Å²) in [6, 6.07) is 9.72. The Labute approximate surface area is 112 Å². The minimum atomic E-state index is -0.990. The SMILES string of the molecule is CC(=O)OC(/C=C/C=C/c1ccccc1)OC(C)=O. The molecule has 0 heterocycles. The fourth-order valence-corrected chi connectivity index (χ4v) is 1.32. The number of ether oxygens (including phenoxy) is 2. The van der Waals surface area contributed by atoms with Crippen LogP contribution in [-0.4, -0.2) is 18.2 Å². The zero-order chi connectivity index (χ0) is 14.1. The predicted molar refractivity (Wildman–Crippen MR) is 71.9 cm³/mol. The molecule has 0 saturated carbocycles. The summed E-state index contributed by atoms with van der Waals surface area (Å²) in [6.45, 7) is 2.51. The van der Waals surface area contributed by atoms with Crippen molar-refractivity contribution in [3.8, 4) is 0 Å². The molecule has 0 amide bonds. The van der Waals surface area contributed by atoms with Crippen molar-refractivity contribution in [2.45, 2.75) is 20.1 Å². The lowest BCUT2D eigenvalue weighted by Gasteiger charge is -2.11. The van der Waals surface area contributed by atoms with Crippen LogP contribution in [0.4, 0.5) is 0 Å². The molecule has 1 aromatic carbocycles. The molecule has 0 radical (unpaired) electrons. The van der Waals surface area contributed by atoms with Crippen molar-refractivity contribution < 1.29 is 19.1 Å². The number of benzene rings is 1. The summed E-state index contributed by atoms with van der Waals surface area (Å²) in [5.41, 5.74) is 1.05. The highest BCUT2D eigenvalue weighted by atomic mass is 16.7. The molecule has 0 spiro atoms. The lowest BCUT2D eigenvalue weighted by atomic mass is 10.2. The molecule has 19 heavy (non-hydrogen) atoms. The first-order chi connectivity index (χ1) is 9.08. The van der Waals surface area contributed by atoms with Gasteiger partial charge in [-0.05, 0) is 11.6 Å². The molecular formula is C15H16O4. The van der Waals surface area contributed by atoms with Crippen LogP contribution < -0.4 is 0 Å². The van der Waals surface area contributed by atoms with Gasteiger partial charge in [-0.2, -0.15) is 0 Å². The van der Waals surface area contributed by atoms with Crippen LogP contribution >= 0.6 is 0 Å². The van der Waals surface area contributed by atoms with E-state index >= 15 is 0 Å². The Kier molecular flexibility index (Phi) is 6.09. The number of esters is 2. The molecule has 0 aromatic heterocycles. The van der Waals surface area contributed by atoms with Gasteiger partial charge < -0.3 is 9.47 Å². The van der Waals surface area contributed by atoms with Crippen LogP contribution in [-0.2, 0) is 19.1 Å². The third-order valence-corrected chi connectivity index (χ3v) is 2.03. The van der Waals surface area contributed by atoms with Crippen molar-refractivity contribution in [2.75, 3.05) is 0 Å². The van der Waals surface area contributed by atoms with Gasteiger partial charge in [0.25, 0.3) is 6.29 Å². The van der Waals surface area contributed by atoms with E-state index in [2.05, 4.69) is 0 Å². The first-order valence-electron chi connectivity index (χ1n) is 5.82. The molecule has 1 rings (SSSR count). The Bertz CT molecular complexity index is 458. The van der Waals surface area contributed by atoms with Crippen LogP contribution in [0.25, 0.3) is 6.08 Å². The molecule has 0 bridgehead atoms. The topological polar surface area (TPSA) is 52.6 Å². The molecule has 0 N–H and O–H groups in total. The molecule has 0 unspecified atom stereocenters. The average molecular weight is 260 g/mol. The third-order valence-electron chi connectivity index (χ3n) is 2.03. The van der Waals surface area contributed by atoms with E-state index in [9.17, 15) is 9.59 Å². The van der Waals surface area contributed by atoms with Crippen molar-refractivity contribution in [3.63, 3.8) is 0 Å². The summed E-state index contributed by atoms with van der Waals surface area (Å²) in [5, 5.41) is 0. The first-order valence-corrected chi connectivity index (χ1v) is 5.82. The van der Waals surface area contributed by atoms with E-state index in [1.807, 2.05) is 36.4 Å². The number of carbonyl (C=O) groups is 2. The highest BCUT2D eigenvalue weighted by Gasteiger charge is 2.10. The predicted octanol–water partition coefficient (Wildman–Crippen LogP) is 2.71. The van der Waals surface area contributed by atoms with E-state index in [0.717, 1.165) is 5.56 Å². The summed E-state index contributed by atoms with van der Waals surface area (Å²) in [6.07, 6.45) is 5.81. The van der Waals surface area contributed by atoms with Crippen molar-refractivity contribution in [3.05, 3.63) is 54.1 Å². The van der Waals surface area contributed by atoms with E-state index in [0.29, 0.717) is 0 Å². The van der Waals surface area contributed by atoms with Crippen LogP contribution in [0.2, 0.25) is 0 Å². The molecule has 0 aliphatic heterocycles. The Balaban J connectivity index is 2.58. The van der Waals surface area contributed by atoms with Gasteiger partial charge in [0.15, 0.2) is 0 Å². The Hall–Kier alpha value is -2.36. The maximum atomic E-state index is 10.8. The van der Waals surface area contributed by atoms with Gasteiger partial charge in [-0.15, -0.1) is 0 Å². The van der Waals surface area contributed by atoms with Crippen LogP contribution in [0.1, 0.15) is 19.4 Å². The van der Waals surface area contributed by atoms with E-state index < -0.39 is 18.2 Å².